The molecule has 0 N–H and O–H groups in total. The molecule has 0 bridgehead atoms. The molecule has 0 aliphatic carbocycles. The summed E-state index contributed by atoms with van der Waals surface area (Å²) in [5.74, 6) is -0.457. The van der Waals surface area contributed by atoms with Gasteiger partial charge >= 0.3 is 5.00 Å². The molecule has 0 fully saturated rings. The van der Waals surface area contributed by atoms with Crippen LogP contribution < -0.4 is 0 Å². The van der Waals surface area contributed by atoms with E-state index in [1.807, 2.05) is 0 Å². The second-order valence-corrected chi connectivity index (χ2v) is 4.04. The van der Waals surface area contributed by atoms with Crippen LogP contribution in [0.25, 0.3) is 0 Å². The van der Waals surface area contributed by atoms with Crippen LogP contribution in [0.15, 0.2) is 40.7 Å². The van der Waals surface area contributed by atoms with E-state index in [1.54, 1.807) is 23.6 Å². The number of aliphatic imine (C=N–C) groups is 1. The summed E-state index contributed by atoms with van der Waals surface area (Å²) in [6, 6.07) is 7.57. The van der Waals surface area contributed by atoms with Crippen molar-refractivity contribution in [3.05, 3.63) is 57.2 Å². The summed E-state index contributed by atoms with van der Waals surface area (Å²) in [6.07, 6.45) is 1.30. The van der Waals surface area contributed by atoms with Gasteiger partial charge in [0.25, 0.3) is 0 Å². The highest BCUT2D eigenvalue weighted by Crippen LogP contribution is 2.25. The van der Waals surface area contributed by atoms with Gasteiger partial charge in [0, 0.05) is 6.21 Å². The fourth-order valence-electron chi connectivity index (χ4n) is 1.25. The summed E-state index contributed by atoms with van der Waals surface area (Å²) in [5.41, 5.74) is 0.538. The quantitative estimate of drug-likeness (QED) is 0.475. The zero-order valence-electron chi connectivity index (χ0n) is 8.54. The number of para-hydroxylation sites is 1. The molecule has 0 radical (unpaired) electrons. The number of hydrogen-bond donors (Lipinski definition) is 0. The highest BCUT2D eigenvalue weighted by Gasteiger charge is 2.13. The Morgan fingerprint density at radius 2 is 2.12 bits per heavy atom. The topological polar surface area (TPSA) is 55.5 Å². The predicted molar refractivity (Wildman–Crippen MR) is 64.6 cm³/mol. The third-order valence-corrected chi connectivity index (χ3v) is 2.92. The van der Waals surface area contributed by atoms with Crippen LogP contribution >= 0.6 is 11.3 Å². The van der Waals surface area contributed by atoms with E-state index in [0.29, 0.717) is 5.56 Å². The molecule has 86 valence electrons. The summed E-state index contributed by atoms with van der Waals surface area (Å²) < 4.78 is 13.2. The standard InChI is InChI=1S/C11H7FN2O2S/c12-9-3-1-2-4-10(9)13-7-8-5-6-17-11(8)14(15)16/h1-7H. The number of thiophene rings is 1. The Balaban J connectivity index is 2.30. The lowest BCUT2D eigenvalue weighted by molar-refractivity contribution is -0.380. The Kier molecular flexibility index (Phi) is 3.24. The Bertz CT molecular complexity index is 580. The van der Waals surface area contributed by atoms with Crippen molar-refractivity contribution in [1.29, 1.82) is 0 Å². The normalized spacial score (nSPS) is 10.9. The minimum absolute atomic E-state index is 0.00471. The van der Waals surface area contributed by atoms with Gasteiger partial charge in [-0.15, -0.1) is 0 Å². The lowest BCUT2D eigenvalue weighted by atomic mass is 10.3. The average molecular weight is 250 g/mol. The molecule has 0 saturated heterocycles. The largest absolute Gasteiger partial charge is 0.332 e. The van der Waals surface area contributed by atoms with E-state index in [-0.39, 0.29) is 10.7 Å². The molecule has 0 amide bonds. The monoisotopic (exact) mass is 250 g/mol. The number of halogens is 1. The molecule has 0 aliphatic rings. The first-order valence-electron chi connectivity index (χ1n) is 4.69. The first-order chi connectivity index (χ1) is 8.18. The van der Waals surface area contributed by atoms with Crippen molar-refractivity contribution in [3.8, 4) is 0 Å². The SMILES string of the molecule is O=[N+]([O-])c1sccc1C=Nc1ccccc1F. The minimum atomic E-state index is -0.479. The van der Waals surface area contributed by atoms with Crippen molar-refractivity contribution in [3.63, 3.8) is 0 Å². The number of hydrogen-bond acceptors (Lipinski definition) is 4. The van der Waals surface area contributed by atoms with Gasteiger partial charge in [0.15, 0.2) is 0 Å². The molecule has 17 heavy (non-hydrogen) atoms. The summed E-state index contributed by atoms with van der Waals surface area (Å²) in [7, 11) is 0. The second-order valence-electron chi connectivity index (χ2n) is 3.15. The molecule has 4 nitrogen and oxygen atoms in total. The number of rotatable bonds is 3. The van der Waals surface area contributed by atoms with E-state index in [0.717, 1.165) is 11.3 Å². The van der Waals surface area contributed by atoms with Crippen molar-refractivity contribution < 1.29 is 9.31 Å². The van der Waals surface area contributed by atoms with Crippen LogP contribution in [0.2, 0.25) is 0 Å². The van der Waals surface area contributed by atoms with Gasteiger partial charge in [0.2, 0.25) is 0 Å². The maximum Gasteiger partial charge on any atom is 0.332 e. The molecule has 1 aromatic carbocycles. The van der Waals surface area contributed by atoms with Gasteiger partial charge in [-0.25, -0.2) is 4.39 Å². The fraction of sp³-hybridized carbons (Fsp3) is 0. The predicted octanol–water partition coefficient (Wildman–Crippen LogP) is 3.55. The maximum absolute atomic E-state index is 13.2. The van der Waals surface area contributed by atoms with Crippen LogP contribution in [-0.2, 0) is 0 Å². The molecular weight excluding hydrogens is 243 g/mol. The fourth-order valence-corrected chi connectivity index (χ4v) is 1.94. The zero-order chi connectivity index (χ0) is 12.3. The van der Waals surface area contributed by atoms with Crippen LogP contribution in [0.5, 0.6) is 0 Å². The Labute approximate surface area is 100 Å². The van der Waals surface area contributed by atoms with Gasteiger partial charge in [0.1, 0.15) is 5.82 Å². The summed E-state index contributed by atoms with van der Waals surface area (Å²) >= 11 is 1.01. The van der Waals surface area contributed by atoms with Crippen molar-refractivity contribution >= 4 is 28.2 Å². The van der Waals surface area contributed by atoms with Gasteiger partial charge in [-0.2, -0.15) is 0 Å². The van der Waals surface area contributed by atoms with Crippen LogP contribution in [0, 0.1) is 15.9 Å². The summed E-state index contributed by atoms with van der Waals surface area (Å²) in [4.78, 5) is 14.1. The van der Waals surface area contributed by atoms with E-state index in [4.69, 9.17) is 0 Å². The van der Waals surface area contributed by atoms with Gasteiger partial charge in [0.05, 0.1) is 16.2 Å². The Hall–Kier alpha value is -2.08. The molecule has 0 atom stereocenters. The number of benzene rings is 1. The van der Waals surface area contributed by atoms with Crippen molar-refractivity contribution in [2.45, 2.75) is 0 Å². The third kappa shape index (κ3) is 2.54. The Morgan fingerprint density at radius 1 is 1.35 bits per heavy atom. The lowest BCUT2D eigenvalue weighted by Crippen LogP contribution is -1.88. The van der Waals surface area contributed by atoms with Crippen molar-refractivity contribution in [2.75, 3.05) is 0 Å². The second kappa shape index (κ2) is 4.84. The molecule has 0 unspecified atom stereocenters. The minimum Gasteiger partial charge on any atom is -0.258 e. The van der Waals surface area contributed by atoms with Gasteiger partial charge in [-0.3, -0.25) is 15.1 Å². The molecule has 0 saturated carbocycles. The first kappa shape index (κ1) is 11.4. The van der Waals surface area contributed by atoms with E-state index in [1.165, 1.54) is 18.3 Å². The molecule has 2 rings (SSSR count). The van der Waals surface area contributed by atoms with E-state index >= 15 is 0 Å². The first-order valence-corrected chi connectivity index (χ1v) is 5.57. The van der Waals surface area contributed by atoms with Crippen molar-refractivity contribution in [2.24, 2.45) is 4.99 Å². The van der Waals surface area contributed by atoms with E-state index in [9.17, 15) is 14.5 Å². The molecule has 2 aromatic rings. The van der Waals surface area contributed by atoms with E-state index < -0.39 is 10.7 Å². The molecular formula is C11H7FN2O2S. The molecule has 1 heterocycles. The lowest BCUT2D eigenvalue weighted by Gasteiger charge is -1.94. The molecule has 0 spiro atoms. The highest BCUT2D eigenvalue weighted by molar-refractivity contribution is 7.13. The van der Waals surface area contributed by atoms with Crippen LogP contribution in [0.1, 0.15) is 5.56 Å². The average Bonchev–Trinajstić information content (AvgIpc) is 2.76. The molecule has 0 aliphatic heterocycles. The van der Waals surface area contributed by atoms with Gasteiger partial charge < -0.3 is 0 Å². The van der Waals surface area contributed by atoms with Gasteiger partial charge in [-0.1, -0.05) is 23.5 Å². The zero-order valence-corrected chi connectivity index (χ0v) is 9.36. The van der Waals surface area contributed by atoms with Crippen LogP contribution in [-0.4, -0.2) is 11.1 Å². The summed E-state index contributed by atoms with van der Waals surface area (Å²) in [5, 5.41) is 12.2. The van der Waals surface area contributed by atoms with Crippen molar-refractivity contribution in [1.82, 2.24) is 0 Å². The van der Waals surface area contributed by atoms with E-state index in [2.05, 4.69) is 4.99 Å². The summed E-state index contributed by atoms with van der Waals surface area (Å²) in [6.45, 7) is 0. The smallest absolute Gasteiger partial charge is 0.258 e. The molecule has 1 aromatic heterocycles. The highest BCUT2D eigenvalue weighted by atomic mass is 32.1. The number of nitrogens with zero attached hydrogens (tertiary/aromatic N) is 2. The number of nitro groups is 1. The Morgan fingerprint density at radius 3 is 2.82 bits per heavy atom. The third-order valence-electron chi connectivity index (χ3n) is 2.04. The van der Waals surface area contributed by atoms with Crippen LogP contribution in [0.3, 0.4) is 0 Å². The van der Waals surface area contributed by atoms with Gasteiger partial charge in [-0.05, 0) is 23.6 Å². The van der Waals surface area contributed by atoms with Crippen LogP contribution in [0.4, 0.5) is 15.1 Å². The maximum atomic E-state index is 13.2. The molecule has 6 heteroatoms.